The van der Waals surface area contributed by atoms with Crippen LogP contribution >= 0.6 is 0 Å². The molecule has 0 aliphatic heterocycles. The molecule has 1 unspecified atom stereocenters. The van der Waals surface area contributed by atoms with E-state index in [0.29, 0.717) is 17.9 Å². The van der Waals surface area contributed by atoms with E-state index < -0.39 is 0 Å². The van der Waals surface area contributed by atoms with E-state index in [4.69, 9.17) is 4.52 Å². The lowest BCUT2D eigenvalue weighted by Crippen LogP contribution is -2.17. The van der Waals surface area contributed by atoms with Crippen LogP contribution in [0.25, 0.3) is 0 Å². The van der Waals surface area contributed by atoms with Crippen molar-refractivity contribution in [3.05, 3.63) is 5.82 Å². The summed E-state index contributed by atoms with van der Waals surface area (Å²) in [5, 5.41) is 6.89. The van der Waals surface area contributed by atoms with Gasteiger partial charge in [-0.1, -0.05) is 5.16 Å². The molecule has 1 aromatic heterocycles. The molecule has 66 valence electrons. The van der Waals surface area contributed by atoms with E-state index in [1.54, 1.807) is 0 Å². The van der Waals surface area contributed by atoms with Gasteiger partial charge in [0.1, 0.15) is 0 Å². The molecule has 1 aromatic rings. The highest BCUT2D eigenvalue weighted by Gasteiger charge is 2.28. The third-order valence-electron chi connectivity index (χ3n) is 2.21. The van der Waals surface area contributed by atoms with Crippen LogP contribution in [0.1, 0.15) is 25.6 Å². The zero-order chi connectivity index (χ0) is 8.55. The first-order chi connectivity index (χ1) is 5.75. The van der Waals surface area contributed by atoms with E-state index >= 15 is 0 Å². The number of aryl methyl sites for hydroxylation is 1. The van der Waals surface area contributed by atoms with E-state index in [9.17, 15) is 0 Å². The minimum atomic E-state index is 0.463. The molecule has 1 aliphatic carbocycles. The van der Waals surface area contributed by atoms with Crippen LogP contribution in [-0.2, 0) is 0 Å². The number of hydrogen-bond donors (Lipinski definition) is 1. The van der Waals surface area contributed by atoms with E-state index in [1.165, 1.54) is 12.8 Å². The van der Waals surface area contributed by atoms with Crippen LogP contribution in [0, 0.1) is 12.8 Å². The van der Waals surface area contributed by atoms with Gasteiger partial charge in [0, 0.05) is 6.04 Å². The molecule has 0 saturated heterocycles. The second-order valence-electron chi connectivity index (χ2n) is 3.42. The normalized spacial score (nSPS) is 19.2. The number of rotatable bonds is 3. The van der Waals surface area contributed by atoms with Gasteiger partial charge in [0.2, 0.25) is 0 Å². The maximum absolute atomic E-state index is 4.94. The zero-order valence-corrected chi connectivity index (χ0v) is 7.37. The first kappa shape index (κ1) is 7.58. The van der Waals surface area contributed by atoms with Crippen molar-refractivity contribution in [3.8, 4) is 0 Å². The maximum atomic E-state index is 4.94. The highest BCUT2D eigenvalue weighted by atomic mass is 16.5. The highest BCUT2D eigenvalue weighted by molar-refractivity contribution is 5.21. The maximum Gasteiger partial charge on any atom is 0.321 e. The quantitative estimate of drug-likeness (QED) is 0.742. The highest BCUT2D eigenvalue weighted by Crippen LogP contribution is 2.33. The van der Waals surface area contributed by atoms with Crippen LogP contribution in [0.2, 0.25) is 0 Å². The molecule has 1 atom stereocenters. The molecule has 1 saturated carbocycles. The SMILES string of the molecule is Cc1noc(NC(C)C2CC2)n1. The van der Waals surface area contributed by atoms with E-state index in [2.05, 4.69) is 22.4 Å². The predicted molar refractivity (Wildman–Crippen MR) is 44.8 cm³/mol. The molecule has 0 aromatic carbocycles. The molecular weight excluding hydrogens is 154 g/mol. The predicted octanol–water partition coefficient (Wildman–Crippen LogP) is 1.59. The Morgan fingerprint density at radius 1 is 1.58 bits per heavy atom. The van der Waals surface area contributed by atoms with Crippen LogP contribution in [0.3, 0.4) is 0 Å². The molecule has 0 spiro atoms. The summed E-state index contributed by atoms with van der Waals surface area (Å²) in [5.41, 5.74) is 0. The van der Waals surface area contributed by atoms with Crippen molar-refractivity contribution in [1.29, 1.82) is 0 Å². The van der Waals surface area contributed by atoms with Crippen LogP contribution in [0.4, 0.5) is 6.01 Å². The summed E-state index contributed by atoms with van der Waals surface area (Å²) in [5.74, 6) is 1.48. The summed E-state index contributed by atoms with van der Waals surface area (Å²) in [4.78, 5) is 4.07. The topological polar surface area (TPSA) is 51.0 Å². The van der Waals surface area contributed by atoms with Gasteiger partial charge in [0.05, 0.1) is 0 Å². The third kappa shape index (κ3) is 1.57. The Labute approximate surface area is 71.4 Å². The Hall–Kier alpha value is -1.06. The number of nitrogens with one attached hydrogen (secondary N) is 1. The monoisotopic (exact) mass is 167 g/mol. The fourth-order valence-corrected chi connectivity index (χ4v) is 1.26. The molecule has 2 rings (SSSR count). The molecule has 4 nitrogen and oxygen atoms in total. The van der Waals surface area contributed by atoms with Crippen molar-refractivity contribution in [1.82, 2.24) is 10.1 Å². The molecule has 1 fully saturated rings. The minimum absolute atomic E-state index is 0.463. The van der Waals surface area contributed by atoms with Gasteiger partial charge in [-0.2, -0.15) is 4.98 Å². The van der Waals surface area contributed by atoms with E-state index in [-0.39, 0.29) is 0 Å². The molecule has 12 heavy (non-hydrogen) atoms. The molecule has 1 heterocycles. The van der Waals surface area contributed by atoms with Gasteiger partial charge in [-0.25, -0.2) is 0 Å². The Kier molecular flexibility index (Phi) is 1.75. The number of aromatic nitrogens is 2. The van der Waals surface area contributed by atoms with E-state index in [0.717, 1.165) is 5.92 Å². The molecule has 0 radical (unpaired) electrons. The summed E-state index contributed by atoms with van der Waals surface area (Å²) in [6, 6.07) is 1.01. The Bertz CT molecular complexity index is 267. The van der Waals surface area contributed by atoms with Crippen LogP contribution in [0.5, 0.6) is 0 Å². The number of anilines is 1. The Balaban J connectivity index is 1.93. The second-order valence-corrected chi connectivity index (χ2v) is 3.42. The molecule has 1 N–H and O–H groups in total. The van der Waals surface area contributed by atoms with E-state index in [1.807, 2.05) is 6.92 Å². The summed E-state index contributed by atoms with van der Waals surface area (Å²) in [7, 11) is 0. The van der Waals surface area contributed by atoms with Gasteiger partial charge in [-0.3, -0.25) is 0 Å². The Morgan fingerprint density at radius 2 is 2.33 bits per heavy atom. The van der Waals surface area contributed by atoms with Crippen molar-refractivity contribution in [2.24, 2.45) is 5.92 Å². The van der Waals surface area contributed by atoms with Crippen LogP contribution < -0.4 is 5.32 Å². The van der Waals surface area contributed by atoms with Gasteiger partial charge < -0.3 is 9.84 Å². The third-order valence-corrected chi connectivity index (χ3v) is 2.21. The average molecular weight is 167 g/mol. The minimum Gasteiger partial charge on any atom is -0.335 e. The second kappa shape index (κ2) is 2.77. The molecule has 4 heteroatoms. The first-order valence-corrected chi connectivity index (χ1v) is 4.32. The fourth-order valence-electron chi connectivity index (χ4n) is 1.26. The summed E-state index contributed by atoms with van der Waals surface area (Å²) in [6.45, 7) is 3.97. The lowest BCUT2D eigenvalue weighted by molar-refractivity contribution is 0.420. The molecule has 0 bridgehead atoms. The zero-order valence-electron chi connectivity index (χ0n) is 7.37. The largest absolute Gasteiger partial charge is 0.335 e. The van der Waals surface area contributed by atoms with Crippen molar-refractivity contribution >= 4 is 6.01 Å². The van der Waals surface area contributed by atoms with Gasteiger partial charge in [0.25, 0.3) is 0 Å². The first-order valence-electron chi connectivity index (χ1n) is 4.32. The molecule has 0 amide bonds. The van der Waals surface area contributed by atoms with Gasteiger partial charge >= 0.3 is 6.01 Å². The summed E-state index contributed by atoms with van der Waals surface area (Å²) < 4.78 is 4.94. The molecular formula is C8H13N3O. The standard InChI is InChI=1S/C8H13N3O/c1-5(7-3-4-7)9-8-10-6(2)11-12-8/h5,7H,3-4H2,1-2H3,(H,9,10,11). The lowest BCUT2D eigenvalue weighted by atomic mass is 10.2. The fraction of sp³-hybridized carbons (Fsp3) is 0.750. The Morgan fingerprint density at radius 3 is 2.83 bits per heavy atom. The number of hydrogen-bond acceptors (Lipinski definition) is 4. The summed E-state index contributed by atoms with van der Waals surface area (Å²) in [6.07, 6.45) is 2.64. The number of nitrogens with zero attached hydrogens (tertiary/aromatic N) is 2. The van der Waals surface area contributed by atoms with Crippen molar-refractivity contribution in [3.63, 3.8) is 0 Å². The van der Waals surface area contributed by atoms with Crippen LogP contribution in [0.15, 0.2) is 4.52 Å². The average Bonchev–Trinajstić information content (AvgIpc) is 2.78. The smallest absolute Gasteiger partial charge is 0.321 e. The van der Waals surface area contributed by atoms with Gasteiger partial charge in [0.15, 0.2) is 5.82 Å². The van der Waals surface area contributed by atoms with Crippen molar-refractivity contribution in [2.45, 2.75) is 32.7 Å². The van der Waals surface area contributed by atoms with Gasteiger partial charge in [-0.15, -0.1) is 0 Å². The summed E-state index contributed by atoms with van der Waals surface area (Å²) >= 11 is 0. The van der Waals surface area contributed by atoms with Crippen molar-refractivity contribution in [2.75, 3.05) is 5.32 Å². The van der Waals surface area contributed by atoms with Crippen molar-refractivity contribution < 1.29 is 4.52 Å². The lowest BCUT2D eigenvalue weighted by Gasteiger charge is -2.08. The van der Waals surface area contributed by atoms with Gasteiger partial charge in [-0.05, 0) is 32.6 Å². The van der Waals surface area contributed by atoms with Crippen LogP contribution in [-0.4, -0.2) is 16.2 Å². The molecule has 1 aliphatic rings.